The molecule has 6 nitrogen and oxygen atoms in total. The number of aromatic nitrogens is 4. The van der Waals surface area contributed by atoms with Crippen molar-refractivity contribution in [3.05, 3.63) is 27.5 Å². The summed E-state index contributed by atoms with van der Waals surface area (Å²) in [6.45, 7) is 4.96. The molecule has 2 heterocycles. The van der Waals surface area contributed by atoms with Crippen LogP contribution in [0.25, 0.3) is 10.7 Å². The topological polar surface area (TPSA) is 83.6 Å². The van der Waals surface area contributed by atoms with Gasteiger partial charge in [-0.15, -0.1) is 10.2 Å². The molecule has 0 spiro atoms. The minimum atomic E-state index is -0.223. The van der Waals surface area contributed by atoms with E-state index in [0.717, 1.165) is 11.6 Å². The van der Waals surface area contributed by atoms with Gasteiger partial charge in [-0.2, -0.15) is 5.10 Å². The van der Waals surface area contributed by atoms with Crippen LogP contribution in [-0.2, 0) is 0 Å². The van der Waals surface area contributed by atoms with E-state index < -0.39 is 0 Å². The van der Waals surface area contributed by atoms with Crippen molar-refractivity contribution < 1.29 is 0 Å². The number of nitrogens with zero attached hydrogens (tertiary/aromatic N) is 3. The zero-order valence-corrected chi connectivity index (χ0v) is 10.4. The van der Waals surface area contributed by atoms with E-state index in [1.165, 1.54) is 17.4 Å². The van der Waals surface area contributed by atoms with Gasteiger partial charge in [0.15, 0.2) is 5.01 Å². The summed E-state index contributed by atoms with van der Waals surface area (Å²) < 4.78 is 0. The van der Waals surface area contributed by atoms with Gasteiger partial charge in [-0.05, 0) is 19.5 Å². The van der Waals surface area contributed by atoms with E-state index in [2.05, 4.69) is 25.7 Å². The fourth-order valence-electron chi connectivity index (χ4n) is 1.37. The first-order valence-corrected chi connectivity index (χ1v) is 6.15. The summed E-state index contributed by atoms with van der Waals surface area (Å²) in [5, 5.41) is 19.4. The fourth-order valence-corrected chi connectivity index (χ4v) is 2.21. The van der Waals surface area contributed by atoms with Crippen molar-refractivity contribution in [2.75, 3.05) is 6.54 Å². The van der Waals surface area contributed by atoms with Crippen molar-refractivity contribution in [3.63, 3.8) is 0 Å². The van der Waals surface area contributed by atoms with E-state index in [0.29, 0.717) is 10.7 Å². The van der Waals surface area contributed by atoms with Crippen LogP contribution in [-0.4, -0.2) is 26.9 Å². The summed E-state index contributed by atoms with van der Waals surface area (Å²) >= 11 is 1.47. The van der Waals surface area contributed by atoms with Crippen molar-refractivity contribution in [1.82, 2.24) is 25.7 Å². The highest BCUT2D eigenvalue weighted by molar-refractivity contribution is 7.14. The third kappa shape index (κ3) is 2.75. The first-order chi connectivity index (χ1) is 8.20. The maximum Gasteiger partial charge on any atom is 0.264 e. The van der Waals surface area contributed by atoms with Crippen LogP contribution in [0, 0.1) is 0 Å². The minimum Gasteiger partial charge on any atom is -0.308 e. The number of hydrogen-bond acceptors (Lipinski definition) is 6. The Morgan fingerprint density at radius 3 is 2.94 bits per heavy atom. The predicted octanol–water partition coefficient (Wildman–Crippen LogP) is 0.959. The summed E-state index contributed by atoms with van der Waals surface area (Å²) in [7, 11) is 0. The van der Waals surface area contributed by atoms with Gasteiger partial charge in [0.05, 0.1) is 6.04 Å². The first-order valence-electron chi connectivity index (χ1n) is 5.33. The molecule has 1 atom stereocenters. The molecule has 2 aromatic heterocycles. The van der Waals surface area contributed by atoms with Crippen LogP contribution in [0.3, 0.4) is 0 Å². The second kappa shape index (κ2) is 5.15. The molecular formula is C10H13N5OS. The monoisotopic (exact) mass is 251 g/mol. The minimum absolute atomic E-state index is 0.175. The molecule has 0 fully saturated rings. The lowest BCUT2D eigenvalue weighted by molar-refractivity contribution is 0.590. The summed E-state index contributed by atoms with van der Waals surface area (Å²) in [6, 6.07) is 3.24. The standard InChI is InChI=1S/C10H13N5OS/c1-3-11-6(2)9-14-15-10(17-9)7-4-5-8(16)13-12-7/h4-6,11H,3H2,1-2H3,(H,13,16). The summed E-state index contributed by atoms with van der Waals surface area (Å²) in [5.74, 6) is 0. The molecule has 0 radical (unpaired) electrons. The maximum absolute atomic E-state index is 10.9. The molecule has 17 heavy (non-hydrogen) atoms. The highest BCUT2D eigenvalue weighted by atomic mass is 32.1. The Kier molecular flexibility index (Phi) is 3.60. The van der Waals surface area contributed by atoms with Crippen LogP contribution >= 0.6 is 11.3 Å². The molecule has 2 aromatic rings. The number of hydrogen-bond donors (Lipinski definition) is 2. The van der Waals surface area contributed by atoms with Gasteiger partial charge in [-0.3, -0.25) is 4.79 Å². The van der Waals surface area contributed by atoms with E-state index in [-0.39, 0.29) is 11.6 Å². The molecule has 0 aliphatic rings. The van der Waals surface area contributed by atoms with Crippen LogP contribution in [0.4, 0.5) is 0 Å². The van der Waals surface area contributed by atoms with Gasteiger partial charge in [0, 0.05) is 6.07 Å². The molecule has 7 heteroatoms. The summed E-state index contributed by atoms with van der Waals surface area (Å²) in [6.07, 6.45) is 0. The van der Waals surface area contributed by atoms with Gasteiger partial charge >= 0.3 is 0 Å². The molecule has 0 aliphatic carbocycles. The number of rotatable bonds is 4. The molecule has 0 aliphatic heterocycles. The van der Waals surface area contributed by atoms with Crippen LogP contribution in [0.1, 0.15) is 24.9 Å². The highest BCUT2D eigenvalue weighted by Gasteiger charge is 2.12. The van der Waals surface area contributed by atoms with Gasteiger partial charge in [0.1, 0.15) is 10.7 Å². The predicted molar refractivity (Wildman–Crippen MR) is 65.9 cm³/mol. The van der Waals surface area contributed by atoms with E-state index in [4.69, 9.17) is 0 Å². The Morgan fingerprint density at radius 1 is 1.47 bits per heavy atom. The Balaban J connectivity index is 2.23. The van der Waals surface area contributed by atoms with Crippen molar-refractivity contribution in [1.29, 1.82) is 0 Å². The third-order valence-electron chi connectivity index (χ3n) is 2.22. The van der Waals surface area contributed by atoms with Crippen LogP contribution < -0.4 is 10.9 Å². The molecule has 0 saturated carbocycles. The zero-order chi connectivity index (χ0) is 12.3. The maximum atomic E-state index is 10.9. The van der Waals surface area contributed by atoms with Crippen LogP contribution in [0.5, 0.6) is 0 Å². The van der Waals surface area contributed by atoms with Gasteiger partial charge in [-0.25, -0.2) is 5.10 Å². The number of H-pyrrole nitrogens is 1. The van der Waals surface area contributed by atoms with Crippen molar-refractivity contribution >= 4 is 11.3 Å². The quantitative estimate of drug-likeness (QED) is 0.845. The van der Waals surface area contributed by atoms with Gasteiger partial charge < -0.3 is 5.32 Å². The molecule has 2 N–H and O–H groups in total. The van der Waals surface area contributed by atoms with Crippen molar-refractivity contribution in [2.24, 2.45) is 0 Å². The largest absolute Gasteiger partial charge is 0.308 e. The smallest absolute Gasteiger partial charge is 0.264 e. The van der Waals surface area contributed by atoms with E-state index >= 15 is 0 Å². The molecule has 0 saturated heterocycles. The summed E-state index contributed by atoms with van der Waals surface area (Å²) in [4.78, 5) is 10.9. The molecule has 2 rings (SSSR count). The molecule has 0 bridgehead atoms. The molecule has 0 amide bonds. The number of aromatic amines is 1. The highest BCUT2D eigenvalue weighted by Crippen LogP contribution is 2.24. The van der Waals surface area contributed by atoms with Gasteiger partial charge in [0.2, 0.25) is 0 Å². The number of nitrogens with one attached hydrogen (secondary N) is 2. The van der Waals surface area contributed by atoms with E-state index in [1.807, 2.05) is 13.8 Å². The Hall–Kier alpha value is -1.60. The molecular weight excluding hydrogens is 238 g/mol. The molecule has 1 unspecified atom stereocenters. The Bertz CT molecular complexity index is 529. The van der Waals surface area contributed by atoms with Crippen molar-refractivity contribution in [3.8, 4) is 10.7 Å². The first kappa shape index (κ1) is 11.9. The van der Waals surface area contributed by atoms with Crippen molar-refractivity contribution in [2.45, 2.75) is 19.9 Å². The SMILES string of the molecule is CCNC(C)c1nnc(-c2ccc(=O)[nH]n2)s1. The van der Waals surface area contributed by atoms with Crippen LogP contribution in [0.15, 0.2) is 16.9 Å². The molecule has 0 aromatic carbocycles. The van der Waals surface area contributed by atoms with Crippen LogP contribution in [0.2, 0.25) is 0 Å². The second-order valence-corrected chi connectivity index (χ2v) is 4.54. The Morgan fingerprint density at radius 2 is 2.29 bits per heavy atom. The lowest BCUT2D eigenvalue weighted by atomic mass is 10.3. The average Bonchev–Trinajstić information content (AvgIpc) is 2.80. The van der Waals surface area contributed by atoms with Gasteiger partial charge in [-0.1, -0.05) is 18.3 Å². The van der Waals surface area contributed by atoms with E-state index in [9.17, 15) is 4.79 Å². The molecule has 90 valence electrons. The third-order valence-corrected chi connectivity index (χ3v) is 3.35. The summed E-state index contributed by atoms with van der Waals surface area (Å²) in [5.41, 5.74) is 0.413. The normalized spacial score (nSPS) is 12.6. The second-order valence-electron chi connectivity index (χ2n) is 3.53. The fraction of sp³-hybridized carbons (Fsp3) is 0.400. The lowest BCUT2D eigenvalue weighted by Gasteiger charge is -2.06. The lowest BCUT2D eigenvalue weighted by Crippen LogP contribution is -2.17. The Labute approximate surface area is 102 Å². The average molecular weight is 251 g/mol. The zero-order valence-electron chi connectivity index (χ0n) is 9.60. The van der Waals surface area contributed by atoms with E-state index in [1.54, 1.807) is 6.07 Å². The van der Waals surface area contributed by atoms with Gasteiger partial charge in [0.25, 0.3) is 5.56 Å².